The number of esters is 1. The third-order valence-electron chi connectivity index (χ3n) is 3.52. The van der Waals surface area contributed by atoms with Crippen LogP contribution in [0.15, 0.2) is 0 Å². The normalized spacial score (nSPS) is 20.8. The van der Waals surface area contributed by atoms with Gasteiger partial charge in [-0.25, -0.2) is 0 Å². The van der Waals surface area contributed by atoms with Gasteiger partial charge in [-0.05, 0) is 20.3 Å². The van der Waals surface area contributed by atoms with E-state index >= 15 is 0 Å². The summed E-state index contributed by atoms with van der Waals surface area (Å²) in [4.78, 5) is 37.0. The van der Waals surface area contributed by atoms with E-state index in [2.05, 4.69) is 5.32 Å². The number of rotatable bonds is 5. The summed E-state index contributed by atoms with van der Waals surface area (Å²) in [6.07, 6.45) is 2.34. The summed E-state index contributed by atoms with van der Waals surface area (Å²) >= 11 is 0. The maximum absolute atomic E-state index is 11.9. The Labute approximate surface area is 113 Å². The van der Waals surface area contributed by atoms with E-state index in [0.29, 0.717) is 6.42 Å². The van der Waals surface area contributed by atoms with E-state index < -0.39 is 17.6 Å². The molecule has 1 rings (SSSR count). The van der Waals surface area contributed by atoms with E-state index in [9.17, 15) is 14.4 Å². The van der Waals surface area contributed by atoms with Crippen LogP contribution in [0.1, 0.15) is 40.0 Å². The Bertz CT molecular complexity index is 379. The Morgan fingerprint density at radius 1 is 1.47 bits per heavy atom. The van der Waals surface area contributed by atoms with Crippen LogP contribution in [0.2, 0.25) is 0 Å². The standard InChI is InChI=1S/C13H22N2O4/c1-5-6-7-9(11(17)19-4)15-8-10(16)14-12(18)13(15,2)3/h9H,5-8H2,1-4H3,(H,14,16,18). The number of ether oxygens (including phenoxy) is 1. The lowest BCUT2D eigenvalue weighted by Crippen LogP contribution is -2.67. The first-order valence-electron chi connectivity index (χ1n) is 6.53. The average Bonchev–Trinajstić information content (AvgIpc) is 2.35. The molecule has 1 aliphatic heterocycles. The van der Waals surface area contributed by atoms with Crippen molar-refractivity contribution in [2.45, 2.75) is 51.6 Å². The molecule has 2 amide bonds. The van der Waals surface area contributed by atoms with Crippen LogP contribution < -0.4 is 5.32 Å². The Hall–Kier alpha value is -1.43. The van der Waals surface area contributed by atoms with Crippen LogP contribution in [0.25, 0.3) is 0 Å². The minimum absolute atomic E-state index is 0.0300. The highest BCUT2D eigenvalue weighted by molar-refractivity contribution is 6.03. The third-order valence-corrected chi connectivity index (χ3v) is 3.52. The first-order valence-corrected chi connectivity index (χ1v) is 6.53. The molecule has 1 unspecified atom stereocenters. The number of unbranched alkanes of at least 4 members (excludes halogenated alkanes) is 1. The summed E-state index contributed by atoms with van der Waals surface area (Å²) in [7, 11) is 1.32. The molecule has 1 N–H and O–H groups in total. The van der Waals surface area contributed by atoms with Crippen molar-refractivity contribution in [3.05, 3.63) is 0 Å². The van der Waals surface area contributed by atoms with Crippen molar-refractivity contribution in [3.63, 3.8) is 0 Å². The molecule has 0 aromatic rings. The highest BCUT2D eigenvalue weighted by Gasteiger charge is 2.46. The van der Waals surface area contributed by atoms with Gasteiger partial charge in [0.25, 0.3) is 0 Å². The summed E-state index contributed by atoms with van der Waals surface area (Å²) < 4.78 is 4.80. The highest BCUT2D eigenvalue weighted by Crippen LogP contribution is 2.24. The molecule has 1 heterocycles. The number of amides is 2. The first kappa shape index (κ1) is 15.6. The fourth-order valence-corrected chi connectivity index (χ4v) is 2.24. The van der Waals surface area contributed by atoms with Crippen LogP contribution >= 0.6 is 0 Å². The van der Waals surface area contributed by atoms with Crippen LogP contribution in [-0.2, 0) is 19.1 Å². The van der Waals surface area contributed by atoms with Crippen molar-refractivity contribution in [1.82, 2.24) is 10.2 Å². The average molecular weight is 270 g/mol. The smallest absolute Gasteiger partial charge is 0.323 e. The number of piperazine rings is 1. The van der Waals surface area contributed by atoms with Crippen LogP contribution in [0.3, 0.4) is 0 Å². The van der Waals surface area contributed by atoms with Crippen molar-refractivity contribution < 1.29 is 19.1 Å². The van der Waals surface area contributed by atoms with Gasteiger partial charge in [0.1, 0.15) is 6.04 Å². The van der Waals surface area contributed by atoms with Crippen LogP contribution in [0.4, 0.5) is 0 Å². The van der Waals surface area contributed by atoms with Gasteiger partial charge >= 0.3 is 5.97 Å². The zero-order valence-electron chi connectivity index (χ0n) is 12.0. The molecule has 1 fully saturated rings. The fraction of sp³-hybridized carbons (Fsp3) is 0.769. The number of carbonyl (C=O) groups excluding carboxylic acids is 3. The maximum atomic E-state index is 11.9. The lowest BCUT2D eigenvalue weighted by molar-refractivity contribution is -0.157. The van der Waals surface area contributed by atoms with Gasteiger partial charge in [-0.15, -0.1) is 0 Å². The topological polar surface area (TPSA) is 75.7 Å². The van der Waals surface area contributed by atoms with Crippen molar-refractivity contribution in [3.8, 4) is 0 Å². The highest BCUT2D eigenvalue weighted by atomic mass is 16.5. The Morgan fingerprint density at radius 2 is 2.11 bits per heavy atom. The summed E-state index contributed by atoms with van der Waals surface area (Å²) in [5, 5.41) is 2.30. The molecule has 0 aromatic heterocycles. The number of methoxy groups -OCH3 is 1. The van der Waals surface area contributed by atoms with Gasteiger partial charge in [0.05, 0.1) is 19.2 Å². The van der Waals surface area contributed by atoms with Crippen LogP contribution in [0, 0.1) is 0 Å². The van der Waals surface area contributed by atoms with Gasteiger partial charge in [-0.1, -0.05) is 19.8 Å². The van der Waals surface area contributed by atoms with E-state index in [0.717, 1.165) is 12.8 Å². The van der Waals surface area contributed by atoms with E-state index in [4.69, 9.17) is 4.74 Å². The number of nitrogens with one attached hydrogen (secondary N) is 1. The predicted octanol–water partition coefficient (Wildman–Crippen LogP) is 0.455. The van der Waals surface area contributed by atoms with Crippen molar-refractivity contribution >= 4 is 17.8 Å². The van der Waals surface area contributed by atoms with Gasteiger partial charge < -0.3 is 4.74 Å². The Kier molecular flexibility index (Phi) is 5.05. The minimum atomic E-state index is -0.902. The molecule has 0 saturated carbocycles. The molecule has 108 valence electrons. The number of carbonyl (C=O) groups is 3. The van der Waals surface area contributed by atoms with Gasteiger partial charge in [-0.2, -0.15) is 0 Å². The zero-order chi connectivity index (χ0) is 14.6. The molecule has 6 heteroatoms. The van der Waals surface area contributed by atoms with E-state index in [1.165, 1.54) is 7.11 Å². The molecule has 1 atom stereocenters. The largest absolute Gasteiger partial charge is 0.468 e. The monoisotopic (exact) mass is 270 g/mol. The van der Waals surface area contributed by atoms with Crippen molar-refractivity contribution in [2.24, 2.45) is 0 Å². The second-order valence-corrected chi connectivity index (χ2v) is 5.25. The van der Waals surface area contributed by atoms with E-state index in [-0.39, 0.29) is 18.4 Å². The summed E-state index contributed by atoms with van der Waals surface area (Å²) in [6.45, 7) is 5.46. The number of hydrogen-bond donors (Lipinski definition) is 1. The molecular weight excluding hydrogens is 248 g/mol. The van der Waals surface area contributed by atoms with Crippen LogP contribution in [-0.4, -0.2) is 47.9 Å². The predicted molar refractivity (Wildman–Crippen MR) is 69.3 cm³/mol. The van der Waals surface area contributed by atoms with Crippen molar-refractivity contribution in [2.75, 3.05) is 13.7 Å². The summed E-state index contributed by atoms with van der Waals surface area (Å²) in [5.74, 6) is -1.16. The first-order chi connectivity index (χ1) is 8.84. The van der Waals surface area contributed by atoms with E-state index in [1.807, 2.05) is 6.92 Å². The molecule has 0 spiro atoms. The van der Waals surface area contributed by atoms with Crippen molar-refractivity contribution in [1.29, 1.82) is 0 Å². The SMILES string of the molecule is CCCCC(C(=O)OC)N1CC(=O)NC(=O)C1(C)C. The molecular formula is C13H22N2O4. The summed E-state index contributed by atoms with van der Waals surface area (Å²) in [5.41, 5.74) is -0.902. The number of nitrogens with zero attached hydrogens (tertiary/aromatic N) is 1. The molecule has 1 saturated heterocycles. The third kappa shape index (κ3) is 3.32. The lowest BCUT2D eigenvalue weighted by Gasteiger charge is -2.43. The Balaban J connectivity index is 3.00. The fourth-order valence-electron chi connectivity index (χ4n) is 2.24. The lowest BCUT2D eigenvalue weighted by atomic mass is 9.94. The Morgan fingerprint density at radius 3 is 2.63 bits per heavy atom. The quantitative estimate of drug-likeness (QED) is 0.580. The zero-order valence-corrected chi connectivity index (χ0v) is 12.0. The van der Waals surface area contributed by atoms with Gasteiger partial charge in [-0.3, -0.25) is 24.6 Å². The second-order valence-electron chi connectivity index (χ2n) is 5.25. The van der Waals surface area contributed by atoms with Gasteiger partial charge in [0.15, 0.2) is 0 Å². The number of imide groups is 1. The number of hydrogen-bond acceptors (Lipinski definition) is 5. The molecule has 0 aliphatic carbocycles. The van der Waals surface area contributed by atoms with Gasteiger partial charge in [0, 0.05) is 0 Å². The van der Waals surface area contributed by atoms with E-state index in [1.54, 1.807) is 18.7 Å². The second kappa shape index (κ2) is 6.14. The molecule has 0 radical (unpaired) electrons. The minimum Gasteiger partial charge on any atom is -0.468 e. The maximum Gasteiger partial charge on any atom is 0.323 e. The molecule has 0 bridgehead atoms. The molecule has 6 nitrogen and oxygen atoms in total. The van der Waals surface area contributed by atoms with Crippen LogP contribution in [0.5, 0.6) is 0 Å². The summed E-state index contributed by atoms with van der Waals surface area (Å²) in [6, 6.07) is -0.560. The molecule has 0 aromatic carbocycles. The molecule has 1 aliphatic rings. The molecule has 19 heavy (non-hydrogen) atoms. The van der Waals surface area contributed by atoms with Gasteiger partial charge in [0.2, 0.25) is 11.8 Å².